The van der Waals surface area contributed by atoms with Gasteiger partial charge in [0.25, 0.3) is 0 Å². The number of carbonyl (C=O) groups is 2. The Hall–Kier alpha value is -3.14. The van der Waals surface area contributed by atoms with Crippen molar-refractivity contribution in [1.29, 1.82) is 0 Å². The minimum absolute atomic E-state index is 0.345. The van der Waals surface area contributed by atoms with E-state index in [0.29, 0.717) is 12.8 Å². The third-order valence-electron chi connectivity index (χ3n) is 10.4. The normalized spacial score (nSPS) is 11.0. The zero-order valence-corrected chi connectivity index (χ0v) is 33.3. The predicted molar refractivity (Wildman–Crippen MR) is 226 cm³/mol. The molecule has 4 aromatic rings. The first-order chi connectivity index (χ1) is 25.5. The van der Waals surface area contributed by atoms with E-state index in [1.165, 1.54) is 174 Å². The lowest BCUT2D eigenvalue weighted by Gasteiger charge is -2.09. The third-order valence-corrected chi connectivity index (χ3v) is 10.4. The molecule has 0 atom stereocenters. The van der Waals surface area contributed by atoms with E-state index in [9.17, 15) is 9.59 Å². The number of carboxylic acid groups (broad SMARTS) is 2. The minimum Gasteiger partial charge on any atom is -0.481 e. The summed E-state index contributed by atoms with van der Waals surface area (Å²) < 4.78 is 0. The summed E-state index contributed by atoms with van der Waals surface area (Å²) in [6.07, 6.45) is 34.5. The Labute approximate surface area is 317 Å². The van der Waals surface area contributed by atoms with Gasteiger partial charge in [0.15, 0.2) is 0 Å². The van der Waals surface area contributed by atoms with Gasteiger partial charge in [0.2, 0.25) is 0 Å². The van der Waals surface area contributed by atoms with E-state index in [2.05, 4.69) is 74.5 Å². The van der Waals surface area contributed by atoms with Gasteiger partial charge < -0.3 is 10.2 Å². The quantitative estimate of drug-likeness (QED) is 0.0454. The first kappa shape index (κ1) is 45.0. The molecule has 0 spiro atoms. The Balaban J connectivity index is 0.000000270. The number of aliphatic carboxylic acids is 2. The molecule has 290 valence electrons. The molecule has 0 amide bonds. The minimum atomic E-state index is -0.655. The molecule has 0 fully saturated rings. The van der Waals surface area contributed by atoms with Crippen molar-refractivity contribution in [2.45, 2.75) is 194 Å². The van der Waals surface area contributed by atoms with Gasteiger partial charge in [-0.3, -0.25) is 9.59 Å². The van der Waals surface area contributed by atoms with E-state index in [-0.39, 0.29) is 0 Å². The molecule has 0 saturated heterocycles. The van der Waals surface area contributed by atoms with Crippen molar-refractivity contribution in [2.24, 2.45) is 0 Å². The van der Waals surface area contributed by atoms with Gasteiger partial charge in [0.05, 0.1) is 0 Å². The molecule has 0 aliphatic heterocycles. The summed E-state index contributed by atoms with van der Waals surface area (Å²) in [4.78, 5) is 20.6. The molecule has 0 heterocycles. The SMILES string of the molecule is CCCCCCCCCCCCCCCC(=O)O.CCCCCCCCCCCCCCCC(=O)O.c1cc2ccc3cccc4ccc(c1)c2c34. The summed E-state index contributed by atoms with van der Waals surface area (Å²) in [5.74, 6) is -1.31. The standard InChI is InChI=1S/2C16H32O2.C16H10/c2*1-2-3-4-5-6-7-8-9-10-11-12-13-14-15-16(17)18;1-3-11-7-9-13-5-2-6-14-10-8-12(4-1)15(11)16(13)14/h2*2-15H2,1H3,(H,17,18);1-10H. The van der Waals surface area contributed by atoms with Gasteiger partial charge in [0, 0.05) is 12.8 Å². The molecule has 4 heteroatoms. The molecule has 4 rings (SSSR count). The van der Waals surface area contributed by atoms with Crippen LogP contribution in [-0.2, 0) is 9.59 Å². The average molecular weight is 715 g/mol. The Bertz CT molecular complexity index is 1270. The smallest absolute Gasteiger partial charge is 0.303 e. The first-order valence-electron chi connectivity index (χ1n) is 21.5. The van der Waals surface area contributed by atoms with Gasteiger partial charge in [-0.2, -0.15) is 0 Å². The van der Waals surface area contributed by atoms with E-state index in [1.54, 1.807) is 0 Å². The Morgan fingerprint density at radius 2 is 0.558 bits per heavy atom. The van der Waals surface area contributed by atoms with Crippen LogP contribution in [0.1, 0.15) is 194 Å². The highest BCUT2D eigenvalue weighted by atomic mass is 16.4. The van der Waals surface area contributed by atoms with Crippen molar-refractivity contribution in [3.8, 4) is 0 Å². The predicted octanol–water partition coefficient (Wildman–Crippen LogP) is 15.7. The van der Waals surface area contributed by atoms with Gasteiger partial charge in [-0.05, 0) is 45.2 Å². The molecule has 52 heavy (non-hydrogen) atoms. The number of benzene rings is 4. The fourth-order valence-electron chi connectivity index (χ4n) is 7.26. The highest BCUT2D eigenvalue weighted by Crippen LogP contribution is 2.33. The molecular weight excluding hydrogens is 641 g/mol. The molecule has 4 nitrogen and oxygen atoms in total. The lowest BCUT2D eigenvalue weighted by atomic mass is 9.95. The van der Waals surface area contributed by atoms with Gasteiger partial charge in [-0.25, -0.2) is 0 Å². The highest BCUT2D eigenvalue weighted by molar-refractivity contribution is 6.22. The zero-order chi connectivity index (χ0) is 37.5. The molecule has 0 saturated carbocycles. The topological polar surface area (TPSA) is 74.6 Å². The molecule has 0 unspecified atom stereocenters. The summed E-state index contributed by atoms with van der Waals surface area (Å²) in [6, 6.07) is 21.9. The summed E-state index contributed by atoms with van der Waals surface area (Å²) in [7, 11) is 0. The van der Waals surface area contributed by atoms with Gasteiger partial charge >= 0.3 is 11.9 Å². The van der Waals surface area contributed by atoms with Gasteiger partial charge in [-0.15, -0.1) is 0 Å². The molecule has 2 N–H and O–H groups in total. The lowest BCUT2D eigenvalue weighted by molar-refractivity contribution is -0.138. The fourth-order valence-corrected chi connectivity index (χ4v) is 7.26. The van der Waals surface area contributed by atoms with E-state index in [1.807, 2.05) is 0 Å². The van der Waals surface area contributed by atoms with Gasteiger partial charge in [0.1, 0.15) is 0 Å². The fraction of sp³-hybridized carbons (Fsp3) is 0.625. The number of rotatable bonds is 28. The van der Waals surface area contributed by atoms with Crippen LogP contribution in [0.2, 0.25) is 0 Å². The van der Waals surface area contributed by atoms with E-state index < -0.39 is 11.9 Å². The second kappa shape index (κ2) is 30.3. The van der Waals surface area contributed by atoms with Crippen LogP contribution in [0, 0.1) is 0 Å². The van der Waals surface area contributed by atoms with Crippen molar-refractivity contribution >= 4 is 44.3 Å². The number of carboxylic acids is 2. The summed E-state index contributed by atoms with van der Waals surface area (Å²) in [5, 5.41) is 25.1. The monoisotopic (exact) mass is 715 g/mol. The molecule has 4 aromatic carbocycles. The van der Waals surface area contributed by atoms with Crippen molar-refractivity contribution in [1.82, 2.24) is 0 Å². The number of unbranched alkanes of at least 4 members (excludes halogenated alkanes) is 24. The van der Waals surface area contributed by atoms with Crippen LogP contribution in [0.4, 0.5) is 0 Å². The summed E-state index contributed by atoms with van der Waals surface area (Å²) >= 11 is 0. The van der Waals surface area contributed by atoms with Crippen LogP contribution >= 0.6 is 0 Å². The lowest BCUT2D eigenvalue weighted by Crippen LogP contribution is -1.93. The van der Waals surface area contributed by atoms with Crippen molar-refractivity contribution < 1.29 is 19.8 Å². The van der Waals surface area contributed by atoms with Crippen LogP contribution in [0.15, 0.2) is 60.7 Å². The van der Waals surface area contributed by atoms with Crippen molar-refractivity contribution in [3.63, 3.8) is 0 Å². The summed E-state index contributed by atoms with van der Waals surface area (Å²) in [5.41, 5.74) is 0. The van der Waals surface area contributed by atoms with E-state index in [0.717, 1.165) is 25.7 Å². The average Bonchev–Trinajstić information content (AvgIpc) is 3.15. The number of hydrogen-bond donors (Lipinski definition) is 2. The molecule has 0 aliphatic carbocycles. The largest absolute Gasteiger partial charge is 0.481 e. The van der Waals surface area contributed by atoms with Crippen molar-refractivity contribution in [3.05, 3.63) is 60.7 Å². The Morgan fingerprint density at radius 1 is 0.346 bits per heavy atom. The number of hydrogen-bond acceptors (Lipinski definition) is 2. The van der Waals surface area contributed by atoms with Crippen LogP contribution in [0.5, 0.6) is 0 Å². The molecular formula is C48H74O4. The molecule has 0 aromatic heterocycles. The molecule has 0 radical (unpaired) electrons. The molecule has 0 bridgehead atoms. The van der Waals surface area contributed by atoms with Crippen LogP contribution < -0.4 is 0 Å². The maximum Gasteiger partial charge on any atom is 0.303 e. The first-order valence-corrected chi connectivity index (χ1v) is 21.5. The second-order valence-corrected chi connectivity index (χ2v) is 15.1. The van der Waals surface area contributed by atoms with Crippen LogP contribution in [-0.4, -0.2) is 22.2 Å². The third kappa shape index (κ3) is 20.8. The highest BCUT2D eigenvalue weighted by Gasteiger charge is 2.06. The second-order valence-electron chi connectivity index (χ2n) is 15.1. The maximum absolute atomic E-state index is 10.3. The van der Waals surface area contributed by atoms with E-state index >= 15 is 0 Å². The van der Waals surface area contributed by atoms with Gasteiger partial charge in [-0.1, -0.05) is 229 Å². The molecule has 0 aliphatic rings. The zero-order valence-electron chi connectivity index (χ0n) is 33.3. The van der Waals surface area contributed by atoms with Crippen LogP contribution in [0.25, 0.3) is 32.3 Å². The Kier molecular flexibility index (Phi) is 26.3. The van der Waals surface area contributed by atoms with E-state index in [4.69, 9.17) is 10.2 Å². The Morgan fingerprint density at radius 3 is 0.769 bits per heavy atom. The van der Waals surface area contributed by atoms with Crippen molar-refractivity contribution in [2.75, 3.05) is 0 Å². The summed E-state index contributed by atoms with van der Waals surface area (Å²) in [6.45, 7) is 4.52. The maximum atomic E-state index is 10.3. The van der Waals surface area contributed by atoms with Crippen LogP contribution in [0.3, 0.4) is 0 Å².